The molecule has 1 saturated heterocycles. The number of hydrogen-bond donors (Lipinski definition) is 2. The Morgan fingerprint density at radius 3 is 2.20 bits per heavy atom. The van der Waals surface area contributed by atoms with Crippen LogP contribution in [0.1, 0.15) is 66.2 Å². The number of aliphatic hydroxyl groups excluding tert-OH is 1. The number of rotatable bonds is 9. The van der Waals surface area contributed by atoms with E-state index in [1.54, 1.807) is 0 Å². The number of aliphatic hydroxyl groups is 1. The maximum absolute atomic E-state index is 9.51. The summed E-state index contributed by atoms with van der Waals surface area (Å²) in [5.74, 6) is 0. The van der Waals surface area contributed by atoms with E-state index < -0.39 is 0 Å². The van der Waals surface area contributed by atoms with Crippen molar-refractivity contribution in [1.82, 2.24) is 10.2 Å². The van der Waals surface area contributed by atoms with E-state index in [-0.39, 0.29) is 12.1 Å². The fraction of sp³-hybridized carbons (Fsp3) is 1.00. The summed E-state index contributed by atoms with van der Waals surface area (Å²) in [7, 11) is 0. The van der Waals surface area contributed by atoms with E-state index in [0.717, 1.165) is 13.0 Å². The van der Waals surface area contributed by atoms with Gasteiger partial charge in [-0.2, -0.15) is 0 Å². The molecule has 1 unspecified atom stereocenters. The minimum Gasteiger partial charge on any atom is -0.394 e. The van der Waals surface area contributed by atoms with Crippen LogP contribution in [0, 0.1) is 5.41 Å². The van der Waals surface area contributed by atoms with Gasteiger partial charge in [0.15, 0.2) is 0 Å². The summed E-state index contributed by atoms with van der Waals surface area (Å²) in [4.78, 5) is 2.62. The van der Waals surface area contributed by atoms with Crippen molar-refractivity contribution in [2.24, 2.45) is 5.41 Å². The van der Waals surface area contributed by atoms with Crippen LogP contribution in [0.25, 0.3) is 0 Å². The molecule has 1 fully saturated rings. The first-order valence-corrected chi connectivity index (χ1v) is 8.61. The van der Waals surface area contributed by atoms with E-state index in [2.05, 4.69) is 37.9 Å². The largest absolute Gasteiger partial charge is 0.394 e. The third kappa shape index (κ3) is 5.01. The summed E-state index contributed by atoms with van der Waals surface area (Å²) in [5, 5.41) is 12.9. The fourth-order valence-electron chi connectivity index (χ4n) is 3.55. The smallest absolute Gasteiger partial charge is 0.0610 e. The number of likely N-dealkylation sites (N-methyl/N-ethyl adjacent to an activating group) is 1. The first kappa shape index (κ1) is 17.9. The Hall–Kier alpha value is -0.120. The number of nitrogens with zero attached hydrogens (tertiary/aromatic N) is 1. The van der Waals surface area contributed by atoms with Crippen LogP contribution in [0.3, 0.4) is 0 Å². The van der Waals surface area contributed by atoms with Gasteiger partial charge in [0.05, 0.1) is 6.61 Å². The Balaban J connectivity index is 2.28. The summed E-state index contributed by atoms with van der Waals surface area (Å²) < 4.78 is 0. The summed E-state index contributed by atoms with van der Waals surface area (Å²) in [6.45, 7) is 13.8. The van der Waals surface area contributed by atoms with Crippen LogP contribution in [-0.2, 0) is 0 Å². The van der Waals surface area contributed by atoms with Crippen LogP contribution >= 0.6 is 0 Å². The molecule has 2 N–H and O–H groups in total. The molecule has 1 rings (SSSR count). The first-order chi connectivity index (χ1) is 9.53. The molecule has 1 aliphatic rings. The molecule has 0 aromatic rings. The highest BCUT2D eigenvalue weighted by atomic mass is 16.3. The van der Waals surface area contributed by atoms with Gasteiger partial charge in [0.25, 0.3) is 0 Å². The second-order valence-electron chi connectivity index (χ2n) is 6.90. The van der Waals surface area contributed by atoms with Crippen molar-refractivity contribution >= 4 is 0 Å². The van der Waals surface area contributed by atoms with Gasteiger partial charge in [-0.25, -0.2) is 0 Å². The van der Waals surface area contributed by atoms with Gasteiger partial charge in [-0.15, -0.1) is 0 Å². The molecular formula is C17H36N2O. The third-order valence-electron chi connectivity index (χ3n) is 5.57. The van der Waals surface area contributed by atoms with Crippen LogP contribution in [0.2, 0.25) is 0 Å². The lowest BCUT2D eigenvalue weighted by Gasteiger charge is -2.41. The van der Waals surface area contributed by atoms with Crippen LogP contribution in [0.4, 0.5) is 0 Å². The van der Waals surface area contributed by atoms with E-state index >= 15 is 0 Å². The summed E-state index contributed by atoms with van der Waals surface area (Å²) in [6.07, 6.45) is 7.63. The van der Waals surface area contributed by atoms with Gasteiger partial charge in [0.2, 0.25) is 0 Å². The molecule has 1 atom stereocenters. The Bertz CT molecular complexity index is 256. The molecule has 0 spiro atoms. The normalized spacial score (nSPS) is 22.6. The highest BCUT2D eigenvalue weighted by Crippen LogP contribution is 2.37. The molecule has 0 aromatic heterocycles. The molecule has 3 heteroatoms. The highest BCUT2D eigenvalue weighted by Gasteiger charge is 2.31. The van der Waals surface area contributed by atoms with Crippen LogP contribution < -0.4 is 5.32 Å². The predicted octanol–water partition coefficient (Wildman–Crippen LogP) is 3.03. The second-order valence-corrected chi connectivity index (χ2v) is 6.90. The minimum atomic E-state index is -0.0961. The van der Waals surface area contributed by atoms with Crippen molar-refractivity contribution in [2.45, 2.75) is 71.8 Å². The predicted molar refractivity (Wildman–Crippen MR) is 87.1 cm³/mol. The van der Waals surface area contributed by atoms with Gasteiger partial charge >= 0.3 is 0 Å². The number of hydrogen-bond acceptors (Lipinski definition) is 3. The van der Waals surface area contributed by atoms with Gasteiger partial charge in [-0.05, 0) is 64.2 Å². The van der Waals surface area contributed by atoms with Crippen molar-refractivity contribution < 1.29 is 5.11 Å². The fourth-order valence-corrected chi connectivity index (χ4v) is 3.55. The number of piperidine rings is 1. The average Bonchev–Trinajstić information content (AvgIpc) is 2.48. The monoisotopic (exact) mass is 284 g/mol. The molecule has 1 aliphatic heterocycles. The Kier molecular flexibility index (Phi) is 7.49. The van der Waals surface area contributed by atoms with Crippen LogP contribution in [0.5, 0.6) is 0 Å². The maximum atomic E-state index is 9.51. The Morgan fingerprint density at radius 1 is 1.15 bits per heavy atom. The quantitative estimate of drug-likeness (QED) is 0.683. The molecule has 0 saturated carbocycles. The molecule has 0 aromatic carbocycles. The molecule has 0 radical (unpaired) electrons. The summed E-state index contributed by atoms with van der Waals surface area (Å²) in [6, 6.07) is 0. The molecule has 3 nitrogen and oxygen atoms in total. The highest BCUT2D eigenvalue weighted by molar-refractivity contribution is 4.85. The van der Waals surface area contributed by atoms with E-state index in [9.17, 15) is 5.11 Å². The molecule has 1 heterocycles. The standard InChI is InChI=1S/C17H36N2O/c1-5-17(6-2)10-13-19(14-11-17)12-8-9-16(4,15-20)18-7-3/h18,20H,5-15H2,1-4H3. The van der Waals surface area contributed by atoms with Crippen LogP contribution in [0.15, 0.2) is 0 Å². The van der Waals surface area contributed by atoms with E-state index in [0.29, 0.717) is 5.41 Å². The summed E-state index contributed by atoms with van der Waals surface area (Å²) >= 11 is 0. The molecular weight excluding hydrogens is 248 g/mol. The zero-order valence-corrected chi connectivity index (χ0v) is 14.2. The lowest BCUT2D eigenvalue weighted by atomic mass is 9.74. The van der Waals surface area contributed by atoms with Gasteiger partial charge in [0, 0.05) is 5.54 Å². The van der Waals surface area contributed by atoms with Gasteiger partial charge in [-0.1, -0.05) is 33.6 Å². The van der Waals surface area contributed by atoms with Gasteiger partial charge in [-0.3, -0.25) is 0 Å². The topological polar surface area (TPSA) is 35.5 Å². The number of nitrogens with one attached hydrogen (secondary N) is 1. The second kappa shape index (κ2) is 8.35. The molecule has 0 bridgehead atoms. The SMILES string of the molecule is CCNC(C)(CO)CCCN1CCC(CC)(CC)CC1. The van der Waals surface area contributed by atoms with E-state index in [1.807, 2.05) is 0 Å². The Labute approximate surface area is 126 Å². The first-order valence-electron chi connectivity index (χ1n) is 8.61. The third-order valence-corrected chi connectivity index (χ3v) is 5.57. The molecule has 20 heavy (non-hydrogen) atoms. The molecule has 0 aliphatic carbocycles. The van der Waals surface area contributed by atoms with Crippen molar-refractivity contribution in [3.8, 4) is 0 Å². The van der Waals surface area contributed by atoms with Crippen molar-refractivity contribution in [3.05, 3.63) is 0 Å². The maximum Gasteiger partial charge on any atom is 0.0610 e. The summed E-state index contributed by atoms with van der Waals surface area (Å²) in [5.41, 5.74) is 0.529. The van der Waals surface area contributed by atoms with E-state index in [4.69, 9.17) is 0 Å². The van der Waals surface area contributed by atoms with Gasteiger partial charge < -0.3 is 15.3 Å². The van der Waals surface area contributed by atoms with Crippen molar-refractivity contribution in [1.29, 1.82) is 0 Å². The molecule has 120 valence electrons. The zero-order chi connectivity index (χ0) is 15.1. The van der Waals surface area contributed by atoms with E-state index in [1.165, 1.54) is 51.7 Å². The van der Waals surface area contributed by atoms with Crippen molar-refractivity contribution in [3.63, 3.8) is 0 Å². The lowest BCUT2D eigenvalue weighted by Crippen LogP contribution is -2.46. The number of likely N-dealkylation sites (tertiary alicyclic amines) is 1. The zero-order valence-electron chi connectivity index (χ0n) is 14.2. The lowest BCUT2D eigenvalue weighted by molar-refractivity contribution is 0.0898. The minimum absolute atomic E-state index is 0.0961. The van der Waals surface area contributed by atoms with Crippen LogP contribution in [-0.4, -0.2) is 48.3 Å². The van der Waals surface area contributed by atoms with Crippen molar-refractivity contribution in [2.75, 3.05) is 32.8 Å². The Morgan fingerprint density at radius 2 is 1.75 bits per heavy atom. The average molecular weight is 284 g/mol. The van der Waals surface area contributed by atoms with Gasteiger partial charge in [0.1, 0.15) is 0 Å². The molecule has 0 amide bonds.